The van der Waals surface area contributed by atoms with Gasteiger partial charge in [0.25, 0.3) is 0 Å². The number of rotatable bonds is 2. The topological polar surface area (TPSA) is 45.2 Å². The largest absolute Gasteiger partial charge is 0.433 e. The molecule has 142 valence electrons. The van der Waals surface area contributed by atoms with Gasteiger partial charge in [0, 0.05) is 11.2 Å². The Hall–Kier alpha value is -2.28. The molecular formula is C19H17ClF3N3O. The van der Waals surface area contributed by atoms with E-state index in [2.05, 4.69) is 10.3 Å². The van der Waals surface area contributed by atoms with Gasteiger partial charge in [0.05, 0.1) is 18.1 Å². The van der Waals surface area contributed by atoms with Crippen LogP contribution in [0.2, 0.25) is 5.02 Å². The van der Waals surface area contributed by atoms with Crippen LogP contribution in [0.25, 0.3) is 0 Å². The van der Waals surface area contributed by atoms with E-state index >= 15 is 0 Å². The Labute approximate surface area is 159 Å². The van der Waals surface area contributed by atoms with E-state index in [1.165, 1.54) is 6.07 Å². The van der Waals surface area contributed by atoms with E-state index in [0.717, 1.165) is 29.8 Å². The van der Waals surface area contributed by atoms with Gasteiger partial charge in [-0.3, -0.25) is 4.98 Å². The number of carbonyl (C=O) groups excluding carboxylic acids is 1. The molecule has 0 radical (unpaired) electrons. The standard InChI is InChI=1S/C19H17ClF3N3O/c1-10-2-3-13(20)12(8-10)14-4-5-15-17(25-18(27)26(14)15)11-6-7-24-16(9-11)19(21,22)23/h2-3,6-9,14-15,17H,4-5H2,1H3,(H,25,27)/t14-,15-,17+/m0/s1. The summed E-state index contributed by atoms with van der Waals surface area (Å²) in [7, 11) is 0. The van der Waals surface area contributed by atoms with E-state index < -0.39 is 17.9 Å². The van der Waals surface area contributed by atoms with Crippen molar-refractivity contribution < 1.29 is 18.0 Å². The van der Waals surface area contributed by atoms with Gasteiger partial charge in [-0.2, -0.15) is 13.2 Å². The summed E-state index contributed by atoms with van der Waals surface area (Å²) >= 11 is 6.35. The van der Waals surface area contributed by atoms with Crippen LogP contribution in [0.3, 0.4) is 0 Å². The second kappa shape index (κ2) is 6.41. The summed E-state index contributed by atoms with van der Waals surface area (Å²) in [4.78, 5) is 17.8. The monoisotopic (exact) mass is 395 g/mol. The van der Waals surface area contributed by atoms with Crippen LogP contribution in [-0.2, 0) is 6.18 Å². The normalized spacial score (nSPS) is 24.9. The zero-order chi connectivity index (χ0) is 19.3. The van der Waals surface area contributed by atoms with Crippen LogP contribution >= 0.6 is 11.6 Å². The van der Waals surface area contributed by atoms with Gasteiger partial charge >= 0.3 is 12.2 Å². The minimum atomic E-state index is -4.52. The van der Waals surface area contributed by atoms with Crippen molar-refractivity contribution in [3.63, 3.8) is 0 Å². The number of hydrogen-bond acceptors (Lipinski definition) is 2. The van der Waals surface area contributed by atoms with Crippen LogP contribution in [0.15, 0.2) is 36.5 Å². The Morgan fingerprint density at radius 3 is 2.74 bits per heavy atom. The highest BCUT2D eigenvalue weighted by Crippen LogP contribution is 2.46. The first kappa shape index (κ1) is 18.1. The number of nitrogens with one attached hydrogen (secondary N) is 1. The lowest BCUT2D eigenvalue weighted by Crippen LogP contribution is -2.31. The van der Waals surface area contributed by atoms with Crippen molar-refractivity contribution in [2.75, 3.05) is 0 Å². The van der Waals surface area contributed by atoms with Gasteiger partial charge in [-0.05, 0) is 49.1 Å². The molecule has 2 saturated heterocycles. The molecule has 0 saturated carbocycles. The Balaban J connectivity index is 1.66. The number of fused-ring (bicyclic) bond motifs is 1. The zero-order valence-corrected chi connectivity index (χ0v) is 15.2. The van der Waals surface area contributed by atoms with Crippen molar-refractivity contribution in [1.82, 2.24) is 15.2 Å². The third-order valence-electron chi connectivity index (χ3n) is 5.27. The van der Waals surface area contributed by atoms with E-state index in [0.29, 0.717) is 17.0 Å². The van der Waals surface area contributed by atoms with Gasteiger partial charge in [0.2, 0.25) is 0 Å². The number of hydrogen-bond donors (Lipinski definition) is 1. The second-order valence-electron chi connectivity index (χ2n) is 6.99. The van der Waals surface area contributed by atoms with Gasteiger partial charge in [-0.15, -0.1) is 0 Å². The van der Waals surface area contributed by atoms with E-state index in [1.807, 2.05) is 25.1 Å². The fraction of sp³-hybridized carbons (Fsp3) is 0.368. The first-order chi connectivity index (χ1) is 12.8. The Bertz CT molecular complexity index is 902. The molecule has 2 amide bonds. The molecule has 2 fully saturated rings. The molecule has 1 aromatic carbocycles. The number of benzene rings is 1. The van der Waals surface area contributed by atoms with E-state index in [-0.39, 0.29) is 18.1 Å². The first-order valence-corrected chi connectivity index (χ1v) is 9.01. The molecule has 3 atom stereocenters. The molecule has 0 unspecified atom stereocenters. The van der Waals surface area contributed by atoms with E-state index in [1.54, 1.807) is 4.90 Å². The molecule has 2 aliphatic heterocycles. The maximum absolute atomic E-state index is 13.0. The number of pyridine rings is 1. The van der Waals surface area contributed by atoms with Crippen LogP contribution in [0.5, 0.6) is 0 Å². The Morgan fingerprint density at radius 1 is 1.22 bits per heavy atom. The van der Waals surface area contributed by atoms with Crippen LogP contribution in [0, 0.1) is 6.92 Å². The molecule has 0 bridgehead atoms. The highest BCUT2D eigenvalue weighted by Gasteiger charge is 2.49. The lowest BCUT2D eigenvalue weighted by Gasteiger charge is -2.25. The number of nitrogens with zero attached hydrogens (tertiary/aromatic N) is 2. The minimum Gasteiger partial charge on any atom is -0.329 e. The lowest BCUT2D eigenvalue weighted by molar-refractivity contribution is -0.141. The number of halogens is 4. The number of urea groups is 1. The highest BCUT2D eigenvalue weighted by molar-refractivity contribution is 6.31. The molecule has 27 heavy (non-hydrogen) atoms. The molecule has 1 N–H and O–H groups in total. The number of aryl methyl sites for hydroxylation is 1. The van der Waals surface area contributed by atoms with Gasteiger partial charge in [-0.1, -0.05) is 29.3 Å². The second-order valence-corrected chi connectivity index (χ2v) is 7.40. The quantitative estimate of drug-likeness (QED) is 0.775. The molecular weight excluding hydrogens is 379 g/mol. The van der Waals surface area contributed by atoms with Crippen molar-refractivity contribution >= 4 is 17.6 Å². The summed E-state index contributed by atoms with van der Waals surface area (Å²) in [5.74, 6) is 0. The van der Waals surface area contributed by atoms with Crippen molar-refractivity contribution in [3.8, 4) is 0 Å². The summed E-state index contributed by atoms with van der Waals surface area (Å²) in [6, 6.07) is 7.02. The maximum Gasteiger partial charge on any atom is 0.433 e. The molecule has 8 heteroatoms. The Morgan fingerprint density at radius 2 is 2.00 bits per heavy atom. The first-order valence-electron chi connectivity index (χ1n) is 8.64. The van der Waals surface area contributed by atoms with Crippen LogP contribution in [0.1, 0.15) is 47.3 Å². The molecule has 4 nitrogen and oxygen atoms in total. The summed E-state index contributed by atoms with van der Waals surface area (Å²) in [6.07, 6.45) is -1.99. The predicted molar refractivity (Wildman–Crippen MR) is 94.3 cm³/mol. The summed E-state index contributed by atoms with van der Waals surface area (Å²) in [5, 5.41) is 3.42. The van der Waals surface area contributed by atoms with E-state index in [4.69, 9.17) is 11.6 Å². The van der Waals surface area contributed by atoms with Crippen molar-refractivity contribution in [2.24, 2.45) is 0 Å². The van der Waals surface area contributed by atoms with Gasteiger partial charge in [0.15, 0.2) is 0 Å². The highest BCUT2D eigenvalue weighted by atomic mass is 35.5. The minimum absolute atomic E-state index is 0.184. The van der Waals surface area contributed by atoms with Gasteiger partial charge in [0.1, 0.15) is 5.69 Å². The van der Waals surface area contributed by atoms with Crippen molar-refractivity contribution in [2.45, 2.75) is 44.1 Å². The summed E-state index contributed by atoms with van der Waals surface area (Å²) < 4.78 is 39.0. The molecule has 0 aliphatic carbocycles. The zero-order valence-electron chi connectivity index (χ0n) is 14.4. The summed E-state index contributed by atoms with van der Waals surface area (Å²) in [5.41, 5.74) is 1.37. The van der Waals surface area contributed by atoms with Crippen LogP contribution in [0.4, 0.5) is 18.0 Å². The lowest BCUT2D eigenvalue weighted by atomic mass is 9.98. The number of aromatic nitrogens is 1. The van der Waals surface area contributed by atoms with Crippen molar-refractivity contribution in [1.29, 1.82) is 0 Å². The average Bonchev–Trinajstić information content (AvgIpc) is 3.18. The molecule has 2 aromatic rings. The fourth-order valence-electron chi connectivity index (χ4n) is 4.09. The van der Waals surface area contributed by atoms with Crippen LogP contribution < -0.4 is 5.32 Å². The molecule has 0 spiro atoms. The maximum atomic E-state index is 13.0. The van der Waals surface area contributed by atoms with Gasteiger partial charge < -0.3 is 10.2 Å². The molecule has 4 rings (SSSR count). The third kappa shape index (κ3) is 3.14. The molecule has 2 aliphatic rings. The predicted octanol–water partition coefficient (Wildman–Crippen LogP) is 5.03. The Kier molecular flexibility index (Phi) is 4.29. The number of carbonyl (C=O) groups is 1. The SMILES string of the molecule is Cc1ccc(Cl)c([C@@H]2CC[C@H]3[C@@H](c4ccnc(C(F)(F)F)c4)NC(=O)N23)c1. The number of amides is 2. The fourth-order valence-corrected chi connectivity index (χ4v) is 4.33. The van der Waals surface area contributed by atoms with Crippen LogP contribution in [-0.4, -0.2) is 22.0 Å². The third-order valence-corrected chi connectivity index (χ3v) is 5.62. The molecule has 1 aromatic heterocycles. The number of alkyl halides is 3. The average molecular weight is 396 g/mol. The van der Waals surface area contributed by atoms with Gasteiger partial charge in [-0.25, -0.2) is 4.79 Å². The smallest absolute Gasteiger partial charge is 0.329 e. The van der Waals surface area contributed by atoms with E-state index in [9.17, 15) is 18.0 Å². The summed E-state index contributed by atoms with van der Waals surface area (Å²) in [6.45, 7) is 1.95. The molecule has 3 heterocycles. The van der Waals surface area contributed by atoms with Crippen molar-refractivity contribution in [3.05, 3.63) is 63.9 Å².